The van der Waals surface area contributed by atoms with E-state index < -0.39 is 0 Å². The van der Waals surface area contributed by atoms with E-state index in [2.05, 4.69) is 22.0 Å². The molecule has 5 rings (SSSR count). The molecular weight excluding hydrogens is 467 g/mol. The number of hydrogen-bond donors (Lipinski definition) is 0. The number of aryl methyl sites for hydroxylation is 2. The molecule has 190 valence electrons. The number of fused-ring (bicyclic) bond motifs is 1. The number of halogens is 1. The molecule has 2 heterocycles. The van der Waals surface area contributed by atoms with E-state index in [0.717, 1.165) is 43.5 Å². The van der Waals surface area contributed by atoms with Crippen LogP contribution in [0.3, 0.4) is 0 Å². The third-order valence-corrected chi connectivity index (χ3v) is 8.07. The van der Waals surface area contributed by atoms with Crippen molar-refractivity contribution in [2.75, 3.05) is 23.4 Å². The number of rotatable bonds is 6. The fourth-order valence-corrected chi connectivity index (χ4v) is 5.80. The average Bonchev–Trinajstić information content (AvgIpc) is 3.73. The van der Waals surface area contributed by atoms with Crippen LogP contribution in [0, 0.1) is 41.3 Å². The Bertz CT molecular complexity index is 1490. The van der Waals surface area contributed by atoms with Crippen molar-refractivity contribution in [3.05, 3.63) is 63.3 Å². The fraction of sp³-hybridized carbons (Fsp3) is 0.448. The Morgan fingerprint density at radius 1 is 1.05 bits per heavy atom. The highest BCUT2D eigenvalue weighted by Gasteiger charge is 2.34. The van der Waals surface area contributed by atoms with E-state index in [1.54, 1.807) is 31.3 Å². The molecule has 7 nitrogen and oxygen atoms in total. The smallest absolute Gasteiger partial charge is 0.270 e. The predicted molar refractivity (Wildman–Crippen MR) is 142 cm³/mol. The van der Waals surface area contributed by atoms with Crippen molar-refractivity contribution in [3.8, 4) is 12.1 Å². The molecule has 0 spiro atoms. The molecule has 0 bridgehead atoms. The quantitative estimate of drug-likeness (QED) is 0.486. The lowest BCUT2D eigenvalue weighted by Gasteiger charge is -2.42. The second-order valence-corrected chi connectivity index (χ2v) is 10.5. The summed E-state index contributed by atoms with van der Waals surface area (Å²) in [6.45, 7) is 2.97. The van der Waals surface area contributed by atoms with Gasteiger partial charge < -0.3 is 14.4 Å². The zero-order valence-corrected chi connectivity index (χ0v) is 21.5. The van der Waals surface area contributed by atoms with Gasteiger partial charge in [-0.1, -0.05) is 0 Å². The molecule has 8 heteroatoms. The summed E-state index contributed by atoms with van der Waals surface area (Å²) in [4.78, 5) is 22.0. The first kappa shape index (κ1) is 24.8. The van der Waals surface area contributed by atoms with Crippen molar-refractivity contribution in [2.45, 2.75) is 57.5 Å². The molecule has 2 aliphatic carbocycles. The number of anilines is 2. The topological polar surface area (TPSA) is 89.0 Å². The molecule has 2 aromatic heterocycles. The lowest BCUT2D eigenvalue weighted by Crippen LogP contribution is -2.45. The molecule has 2 saturated carbocycles. The van der Waals surface area contributed by atoms with E-state index in [9.17, 15) is 19.7 Å². The van der Waals surface area contributed by atoms with Crippen LogP contribution in [0.15, 0.2) is 35.1 Å². The van der Waals surface area contributed by atoms with Crippen LogP contribution >= 0.6 is 0 Å². The van der Waals surface area contributed by atoms with Gasteiger partial charge in [-0.05, 0) is 87.3 Å². The number of nitrogens with zero attached hydrogens (tertiary/aromatic N) is 6. The highest BCUT2D eigenvalue weighted by molar-refractivity contribution is 5.92. The van der Waals surface area contributed by atoms with Crippen molar-refractivity contribution in [1.29, 1.82) is 10.5 Å². The minimum atomic E-state index is -0.362. The van der Waals surface area contributed by atoms with Gasteiger partial charge in [-0.15, -0.1) is 0 Å². The monoisotopic (exact) mass is 498 g/mol. The Balaban J connectivity index is 1.44. The number of nitriles is 2. The Morgan fingerprint density at radius 2 is 1.76 bits per heavy atom. The summed E-state index contributed by atoms with van der Waals surface area (Å²) in [7, 11) is 3.55. The second-order valence-electron chi connectivity index (χ2n) is 10.5. The van der Waals surface area contributed by atoms with Crippen LogP contribution in [0.5, 0.6) is 0 Å². The minimum Gasteiger partial charge on any atom is -0.369 e. The molecular formula is C29H31FN6O. The Hall–Kier alpha value is -3.91. The van der Waals surface area contributed by atoms with Gasteiger partial charge in [0.1, 0.15) is 34.7 Å². The summed E-state index contributed by atoms with van der Waals surface area (Å²) in [6, 6.07) is 13.0. The molecule has 0 saturated heterocycles. The summed E-state index contributed by atoms with van der Waals surface area (Å²) in [6.07, 6.45) is 6.20. The average molecular weight is 499 g/mol. The van der Waals surface area contributed by atoms with Crippen LogP contribution in [0.4, 0.5) is 15.8 Å². The summed E-state index contributed by atoms with van der Waals surface area (Å²) < 4.78 is 15.2. The van der Waals surface area contributed by atoms with Crippen molar-refractivity contribution in [1.82, 2.24) is 9.55 Å². The van der Waals surface area contributed by atoms with Crippen LogP contribution < -0.4 is 15.4 Å². The lowest BCUT2D eigenvalue weighted by molar-refractivity contribution is 0.364. The van der Waals surface area contributed by atoms with Crippen molar-refractivity contribution < 1.29 is 4.39 Å². The first-order chi connectivity index (χ1) is 17.8. The molecule has 0 radical (unpaired) electrons. The number of aromatic nitrogens is 2. The Kier molecular flexibility index (Phi) is 6.60. The predicted octanol–water partition coefficient (Wildman–Crippen LogP) is 4.79. The highest BCUT2D eigenvalue weighted by Crippen LogP contribution is 2.38. The van der Waals surface area contributed by atoms with Gasteiger partial charge in [-0.2, -0.15) is 10.5 Å². The summed E-state index contributed by atoms with van der Waals surface area (Å²) >= 11 is 0. The van der Waals surface area contributed by atoms with E-state index in [0.29, 0.717) is 28.7 Å². The first-order valence-corrected chi connectivity index (χ1v) is 12.9. The highest BCUT2D eigenvalue weighted by atomic mass is 19.1. The molecule has 3 aromatic rings. The van der Waals surface area contributed by atoms with Gasteiger partial charge in [0.15, 0.2) is 0 Å². The molecule has 0 aliphatic heterocycles. The largest absolute Gasteiger partial charge is 0.369 e. The normalized spacial score (nSPS) is 19.3. The molecule has 37 heavy (non-hydrogen) atoms. The van der Waals surface area contributed by atoms with Gasteiger partial charge in [0.2, 0.25) is 0 Å². The maximum Gasteiger partial charge on any atom is 0.270 e. The second kappa shape index (κ2) is 9.86. The lowest BCUT2D eigenvalue weighted by atomic mass is 9.88. The zero-order valence-electron chi connectivity index (χ0n) is 21.5. The Labute approximate surface area is 216 Å². The van der Waals surface area contributed by atoms with E-state index in [1.165, 1.54) is 17.4 Å². The standard InChI is InChI=1S/C29H31FN6O/c1-18-14-20(30)6-12-25(18)36(17-19-4-5-19)23-10-8-22(9-11-23)34(2)28-24(16-32)29(37)35(3)26-13-7-21(15-31)33-27(26)28/h6-7,12-14,19,22-23H,4-5,8-11,17H2,1-3H3. The molecule has 0 amide bonds. The maximum absolute atomic E-state index is 13.8. The van der Waals surface area contributed by atoms with Gasteiger partial charge in [0.05, 0.1) is 11.2 Å². The molecule has 0 N–H and O–H groups in total. The zero-order chi connectivity index (χ0) is 26.3. The Morgan fingerprint density at radius 3 is 2.38 bits per heavy atom. The van der Waals surface area contributed by atoms with Gasteiger partial charge >= 0.3 is 0 Å². The van der Waals surface area contributed by atoms with Crippen molar-refractivity contribution in [2.24, 2.45) is 13.0 Å². The SMILES string of the molecule is Cc1cc(F)ccc1N(CC1CC1)C1CCC(N(C)c2c(C#N)c(=O)n(C)c3ccc(C#N)nc23)CC1. The number of hydrogen-bond acceptors (Lipinski definition) is 6. The fourth-order valence-electron chi connectivity index (χ4n) is 5.80. The van der Waals surface area contributed by atoms with Gasteiger partial charge in [-0.3, -0.25) is 4.79 Å². The molecule has 0 unspecified atom stereocenters. The summed E-state index contributed by atoms with van der Waals surface area (Å²) in [5.74, 6) is 0.496. The van der Waals surface area contributed by atoms with Crippen molar-refractivity contribution >= 4 is 22.4 Å². The molecule has 1 aromatic carbocycles. The number of benzene rings is 1. The van der Waals surface area contributed by atoms with Crippen molar-refractivity contribution in [3.63, 3.8) is 0 Å². The molecule has 2 fully saturated rings. The van der Waals surface area contributed by atoms with E-state index in [4.69, 9.17) is 0 Å². The van der Waals surface area contributed by atoms with Crippen LogP contribution in [-0.2, 0) is 7.05 Å². The summed E-state index contributed by atoms with van der Waals surface area (Å²) in [5, 5.41) is 19.3. The van der Waals surface area contributed by atoms with Crippen LogP contribution in [0.1, 0.15) is 55.3 Å². The molecule has 2 aliphatic rings. The van der Waals surface area contributed by atoms with E-state index >= 15 is 0 Å². The molecule has 0 atom stereocenters. The summed E-state index contributed by atoms with van der Waals surface area (Å²) in [5.41, 5.74) is 3.62. The van der Waals surface area contributed by atoms with E-state index in [1.807, 2.05) is 24.9 Å². The first-order valence-electron chi connectivity index (χ1n) is 12.9. The third kappa shape index (κ3) is 4.64. The maximum atomic E-state index is 13.8. The number of pyridine rings is 2. The van der Waals surface area contributed by atoms with Gasteiger partial charge in [0.25, 0.3) is 5.56 Å². The van der Waals surface area contributed by atoms with Gasteiger partial charge in [-0.25, -0.2) is 9.37 Å². The van der Waals surface area contributed by atoms with Crippen LogP contribution in [-0.4, -0.2) is 35.2 Å². The van der Waals surface area contributed by atoms with E-state index in [-0.39, 0.29) is 28.7 Å². The third-order valence-electron chi connectivity index (χ3n) is 8.07. The van der Waals surface area contributed by atoms with Gasteiger partial charge in [0, 0.05) is 38.4 Å². The van der Waals surface area contributed by atoms with Crippen LogP contribution in [0.25, 0.3) is 11.0 Å². The van der Waals surface area contributed by atoms with Crippen LogP contribution in [0.2, 0.25) is 0 Å². The minimum absolute atomic E-state index is 0.0551.